The second-order valence-corrected chi connectivity index (χ2v) is 7.41. The number of aromatic carboxylic acids is 1. The van der Waals surface area contributed by atoms with Crippen molar-refractivity contribution in [2.24, 2.45) is 5.11 Å². The zero-order valence-electron chi connectivity index (χ0n) is 17.7. The third-order valence-corrected chi connectivity index (χ3v) is 5.25. The van der Waals surface area contributed by atoms with Crippen molar-refractivity contribution in [3.05, 3.63) is 86.4 Å². The molecule has 0 fully saturated rings. The van der Waals surface area contributed by atoms with Crippen molar-refractivity contribution in [2.45, 2.75) is 6.42 Å². The number of benzene rings is 3. The number of hydrogen-bond donors (Lipinski definition) is 3. The SMILES string of the molecule is [N-]=[N+]=NCCCNC(=O)c1cccc(C(=O)O)c1-c1c2ccc(=O)cc-2oc2cc(O)ccc12. The minimum Gasteiger partial charge on any atom is -0.508 e. The molecule has 0 radical (unpaired) electrons. The lowest BCUT2D eigenvalue weighted by Crippen LogP contribution is -2.26. The van der Waals surface area contributed by atoms with Gasteiger partial charge in [0.05, 0.1) is 5.56 Å². The fourth-order valence-electron chi connectivity index (χ4n) is 3.81. The van der Waals surface area contributed by atoms with E-state index in [0.717, 1.165) is 0 Å². The van der Waals surface area contributed by atoms with Gasteiger partial charge in [-0.25, -0.2) is 4.79 Å². The van der Waals surface area contributed by atoms with E-state index in [1.807, 2.05) is 0 Å². The smallest absolute Gasteiger partial charge is 0.336 e. The van der Waals surface area contributed by atoms with Crippen molar-refractivity contribution in [1.82, 2.24) is 5.32 Å². The summed E-state index contributed by atoms with van der Waals surface area (Å²) >= 11 is 0. The summed E-state index contributed by atoms with van der Waals surface area (Å²) in [5.41, 5.74) is 9.24. The van der Waals surface area contributed by atoms with Crippen molar-refractivity contribution in [1.29, 1.82) is 0 Å². The number of phenols is 1. The van der Waals surface area contributed by atoms with Crippen LogP contribution in [0.4, 0.5) is 0 Å². The Bertz CT molecular complexity index is 1500. The van der Waals surface area contributed by atoms with Gasteiger partial charge in [-0.2, -0.15) is 0 Å². The van der Waals surface area contributed by atoms with E-state index in [0.29, 0.717) is 22.9 Å². The number of nitrogens with one attached hydrogen (secondary N) is 1. The molecule has 0 saturated heterocycles. The summed E-state index contributed by atoms with van der Waals surface area (Å²) in [6, 6.07) is 12.8. The number of nitrogens with zero attached hydrogens (tertiary/aromatic N) is 3. The van der Waals surface area contributed by atoms with E-state index in [1.165, 1.54) is 48.5 Å². The molecule has 0 unspecified atom stereocenters. The predicted octanol–water partition coefficient (Wildman–Crippen LogP) is 4.40. The maximum atomic E-state index is 13.1. The number of carbonyl (C=O) groups excluding carboxylic acids is 1. The van der Waals surface area contributed by atoms with Gasteiger partial charge in [0.25, 0.3) is 5.91 Å². The molecule has 0 bridgehead atoms. The van der Waals surface area contributed by atoms with Crippen LogP contribution in [0.5, 0.6) is 5.75 Å². The zero-order valence-corrected chi connectivity index (χ0v) is 17.7. The first kappa shape index (κ1) is 22.4. The highest BCUT2D eigenvalue weighted by molar-refractivity contribution is 6.14. The fraction of sp³-hybridized carbons (Fsp3) is 0.125. The number of aromatic hydroxyl groups is 1. The van der Waals surface area contributed by atoms with Crippen LogP contribution >= 0.6 is 0 Å². The lowest BCUT2D eigenvalue weighted by atomic mass is 9.87. The van der Waals surface area contributed by atoms with Gasteiger partial charge in [-0.3, -0.25) is 9.59 Å². The standard InChI is InChI=1S/C24H18N4O6/c25-28-27-10-2-9-26-23(31)17-3-1-4-18(24(32)33)22(17)21-15-7-5-13(29)11-19(15)34-20-12-14(30)6-8-16(20)21/h1,3-8,11-12,29H,2,9-10H2,(H,26,31)(H,32,33). The van der Waals surface area contributed by atoms with Crippen LogP contribution in [0.2, 0.25) is 0 Å². The van der Waals surface area contributed by atoms with Gasteiger partial charge in [-0.1, -0.05) is 11.2 Å². The largest absolute Gasteiger partial charge is 0.508 e. The summed E-state index contributed by atoms with van der Waals surface area (Å²) in [7, 11) is 0. The summed E-state index contributed by atoms with van der Waals surface area (Å²) in [6.07, 6.45) is 0.408. The van der Waals surface area contributed by atoms with E-state index in [4.69, 9.17) is 9.95 Å². The van der Waals surface area contributed by atoms with E-state index in [9.17, 15) is 24.6 Å². The Morgan fingerprint density at radius 2 is 1.85 bits per heavy atom. The van der Waals surface area contributed by atoms with E-state index in [2.05, 4.69) is 15.3 Å². The highest BCUT2D eigenvalue weighted by Gasteiger charge is 2.26. The van der Waals surface area contributed by atoms with Crippen LogP contribution in [0.25, 0.3) is 43.9 Å². The topological polar surface area (TPSA) is 166 Å². The summed E-state index contributed by atoms with van der Waals surface area (Å²) in [4.78, 5) is 39.9. The van der Waals surface area contributed by atoms with E-state index < -0.39 is 11.9 Å². The summed E-state index contributed by atoms with van der Waals surface area (Å²) in [5.74, 6) is -1.65. The molecule has 1 heterocycles. The first-order valence-corrected chi connectivity index (χ1v) is 10.3. The second-order valence-electron chi connectivity index (χ2n) is 7.41. The molecule has 170 valence electrons. The maximum Gasteiger partial charge on any atom is 0.336 e. The number of carboxylic acids is 1. The van der Waals surface area contributed by atoms with Gasteiger partial charge in [0.15, 0.2) is 5.43 Å². The van der Waals surface area contributed by atoms with Gasteiger partial charge in [0.2, 0.25) is 0 Å². The Hall–Kier alpha value is -4.82. The van der Waals surface area contributed by atoms with Crippen LogP contribution in [0, 0.1) is 0 Å². The normalized spacial score (nSPS) is 10.7. The molecule has 0 spiro atoms. The molecule has 0 atom stereocenters. The fourth-order valence-corrected chi connectivity index (χ4v) is 3.81. The Morgan fingerprint density at radius 3 is 2.62 bits per heavy atom. The lowest BCUT2D eigenvalue weighted by Gasteiger charge is -2.19. The number of carboxylic acid groups (broad SMARTS) is 1. The molecule has 4 rings (SSSR count). The number of hydrogen-bond acceptors (Lipinski definition) is 6. The molecule has 0 aromatic heterocycles. The Balaban J connectivity index is 1.99. The van der Waals surface area contributed by atoms with Crippen LogP contribution in [0.3, 0.4) is 0 Å². The molecule has 1 aliphatic heterocycles. The summed E-state index contributed by atoms with van der Waals surface area (Å²) < 4.78 is 5.83. The summed E-state index contributed by atoms with van der Waals surface area (Å²) in [6.45, 7) is 0.420. The highest BCUT2D eigenvalue weighted by atomic mass is 16.4. The Labute approximate surface area is 192 Å². The molecule has 1 aliphatic carbocycles. The average molecular weight is 458 g/mol. The van der Waals surface area contributed by atoms with Gasteiger partial charge < -0.3 is 19.9 Å². The minimum atomic E-state index is -1.24. The number of fused-ring (bicyclic) bond motifs is 2. The number of amides is 1. The van der Waals surface area contributed by atoms with Crippen LogP contribution in [0.15, 0.2) is 68.9 Å². The molecule has 2 aliphatic rings. The van der Waals surface area contributed by atoms with Crippen LogP contribution in [-0.2, 0) is 0 Å². The molecule has 10 nitrogen and oxygen atoms in total. The van der Waals surface area contributed by atoms with Crippen molar-refractivity contribution < 1.29 is 24.2 Å². The molecular formula is C24H18N4O6. The van der Waals surface area contributed by atoms with Crippen LogP contribution < -0.4 is 10.7 Å². The molecule has 34 heavy (non-hydrogen) atoms. The van der Waals surface area contributed by atoms with Gasteiger partial charge in [0.1, 0.15) is 17.1 Å². The monoisotopic (exact) mass is 458 g/mol. The molecule has 10 heteroatoms. The average Bonchev–Trinajstić information content (AvgIpc) is 2.81. The molecule has 3 N–H and O–H groups in total. The molecule has 1 amide bonds. The molecule has 2 aromatic rings. The Morgan fingerprint density at radius 1 is 1.06 bits per heavy atom. The lowest BCUT2D eigenvalue weighted by molar-refractivity contribution is 0.0697. The van der Waals surface area contributed by atoms with Gasteiger partial charge in [-0.15, -0.1) is 0 Å². The minimum absolute atomic E-state index is 0.0793. The van der Waals surface area contributed by atoms with E-state index in [-0.39, 0.29) is 52.3 Å². The number of azide groups is 1. The van der Waals surface area contributed by atoms with Crippen molar-refractivity contribution in [2.75, 3.05) is 13.1 Å². The number of carbonyl (C=O) groups is 2. The third-order valence-electron chi connectivity index (χ3n) is 5.25. The molecular weight excluding hydrogens is 440 g/mol. The Kier molecular flexibility index (Phi) is 6.16. The van der Waals surface area contributed by atoms with Crippen LogP contribution in [-0.4, -0.2) is 35.2 Å². The number of rotatable bonds is 7. The van der Waals surface area contributed by atoms with Crippen LogP contribution in [0.1, 0.15) is 27.1 Å². The highest BCUT2D eigenvalue weighted by Crippen LogP contribution is 2.43. The third kappa shape index (κ3) is 4.25. The molecule has 2 aromatic carbocycles. The molecule has 0 saturated carbocycles. The van der Waals surface area contributed by atoms with Gasteiger partial charge in [0, 0.05) is 57.8 Å². The van der Waals surface area contributed by atoms with Crippen molar-refractivity contribution >= 4 is 22.8 Å². The first-order valence-electron chi connectivity index (χ1n) is 10.3. The quantitative estimate of drug-likeness (QED) is 0.122. The van der Waals surface area contributed by atoms with Crippen molar-refractivity contribution in [3.63, 3.8) is 0 Å². The first-order chi connectivity index (χ1) is 16.4. The van der Waals surface area contributed by atoms with Gasteiger partial charge >= 0.3 is 5.97 Å². The van der Waals surface area contributed by atoms with E-state index >= 15 is 0 Å². The zero-order chi connectivity index (χ0) is 24.2. The predicted molar refractivity (Wildman–Crippen MR) is 124 cm³/mol. The van der Waals surface area contributed by atoms with Crippen molar-refractivity contribution in [3.8, 4) is 28.2 Å². The van der Waals surface area contributed by atoms with E-state index in [1.54, 1.807) is 6.07 Å². The van der Waals surface area contributed by atoms with Gasteiger partial charge in [-0.05, 0) is 48.4 Å². The number of phenolic OH excluding ortho intramolecular Hbond substituents is 1. The maximum absolute atomic E-state index is 13.1. The second kappa shape index (κ2) is 9.35. The summed E-state index contributed by atoms with van der Waals surface area (Å²) in [5, 5.41) is 26.5.